The lowest BCUT2D eigenvalue weighted by molar-refractivity contribution is -0.116. The maximum Gasteiger partial charge on any atom is 0.252 e. The number of carbonyl (C=O) groups excluding carboxylic acids is 1. The summed E-state index contributed by atoms with van der Waals surface area (Å²) in [6.07, 6.45) is 3.27. The fraction of sp³-hybridized carbons (Fsp3) is 0.0952. The van der Waals surface area contributed by atoms with Crippen LogP contribution in [0.4, 0.5) is 4.39 Å². The average molecular weight is 335 g/mol. The number of nitrogens with one attached hydrogen (secondary N) is 1. The molecule has 0 fully saturated rings. The van der Waals surface area contributed by atoms with Crippen LogP contribution in [0.25, 0.3) is 11.6 Å². The summed E-state index contributed by atoms with van der Waals surface area (Å²) in [7, 11) is 0. The van der Waals surface area contributed by atoms with E-state index in [-0.39, 0.29) is 17.8 Å². The molecule has 0 radical (unpaired) electrons. The number of carbonyl (C=O) groups is 1. The summed E-state index contributed by atoms with van der Waals surface area (Å²) in [5.74, 6) is 0.0767. The van der Waals surface area contributed by atoms with Crippen molar-refractivity contribution in [2.45, 2.75) is 13.0 Å². The second-order valence-electron chi connectivity index (χ2n) is 5.69. The van der Waals surface area contributed by atoms with Gasteiger partial charge in [-0.05, 0) is 48.4 Å². The van der Waals surface area contributed by atoms with Crippen molar-refractivity contribution < 1.29 is 13.6 Å². The largest absolute Gasteiger partial charge is 0.465 e. The molecule has 4 heteroatoms. The lowest BCUT2D eigenvalue weighted by Crippen LogP contribution is -2.27. The van der Waals surface area contributed by atoms with Gasteiger partial charge in [0.2, 0.25) is 0 Å². The molecule has 3 rings (SSSR count). The van der Waals surface area contributed by atoms with E-state index in [4.69, 9.17) is 4.42 Å². The zero-order chi connectivity index (χ0) is 17.6. The third-order valence-corrected chi connectivity index (χ3v) is 3.88. The molecule has 3 aromatic rings. The summed E-state index contributed by atoms with van der Waals surface area (Å²) in [6.45, 7) is 1.86. The number of furan rings is 1. The maximum absolute atomic E-state index is 13.1. The molecule has 0 spiro atoms. The molecule has 1 heterocycles. The highest BCUT2D eigenvalue weighted by molar-refractivity contribution is 6.24. The second kappa shape index (κ2) is 7.62. The highest BCUT2D eigenvalue weighted by Crippen LogP contribution is 2.21. The van der Waals surface area contributed by atoms with Crippen molar-refractivity contribution in [3.8, 4) is 0 Å². The first-order chi connectivity index (χ1) is 12.1. The molecule has 126 valence electrons. The van der Waals surface area contributed by atoms with Gasteiger partial charge in [-0.25, -0.2) is 4.39 Å². The number of hydrogen-bond acceptors (Lipinski definition) is 2. The predicted molar refractivity (Wildman–Crippen MR) is 96.0 cm³/mol. The minimum absolute atomic E-state index is 0.223. The molecule has 1 atom stereocenters. The van der Waals surface area contributed by atoms with Crippen molar-refractivity contribution in [1.82, 2.24) is 5.32 Å². The van der Waals surface area contributed by atoms with Gasteiger partial charge < -0.3 is 9.73 Å². The average Bonchev–Trinajstić information content (AvgIpc) is 3.14. The molecule has 25 heavy (non-hydrogen) atoms. The Kier molecular flexibility index (Phi) is 5.09. The summed E-state index contributed by atoms with van der Waals surface area (Å²) in [6, 6.07) is 18.8. The van der Waals surface area contributed by atoms with E-state index < -0.39 is 0 Å². The van der Waals surface area contributed by atoms with Crippen LogP contribution in [-0.2, 0) is 4.79 Å². The Labute approximate surface area is 145 Å². The van der Waals surface area contributed by atoms with Gasteiger partial charge in [-0.15, -0.1) is 0 Å². The van der Waals surface area contributed by atoms with Gasteiger partial charge in [0.15, 0.2) is 0 Å². The van der Waals surface area contributed by atoms with Crippen LogP contribution < -0.4 is 5.32 Å². The van der Waals surface area contributed by atoms with Crippen molar-refractivity contribution in [1.29, 1.82) is 0 Å². The zero-order valence-electron chi connectivity index (χ0n) is 13.8. The van der Waals surface area contributed by atoms with Crippen LogP contribution in [0.3, 0.4) is 0 Å². The minimum Gasteiger partial charge on any atom is -0.465 e. The van der Waals surface area contributed by atoms with Gasteiger partial charge in [0.05, 0.1) is 17.9 Å². The van der Waals surface area contributed by atoms with Crippen LogP contribution in [0.15, 0.2) is 77.4 Å². The topological polar surface area (TPSA) is 42.2 Å². The molecule has 0 bridgehead atoms. The summed E-state index contributed by atoms with van der Waals surface area (Å²) in [4.78, 5) is 12.8. The molecule has 0 aliphatic rings. The highest BCUT2D eigenvalue weighted by Gasteiger charge is 2.16. The van der Waals surface area contributed by atoms with Crippen molar-refractivity contribution in [2.24, 2.45) is 0 Å². The van der Waals surface area contributed by atoms with E-state index in [1.54, 1.807) is 36.6 Å². The Morgan fingerprint density at radius 1 is 1.04 bits per heavy atom. The van der Waals surface area contributed by atoms with Crippen LogP contribution in [0.1, 0.15) is 29.9 Å². The normalized spacial score (nSPS) is 12.6. The molecular formula is C21H18FNO2. The van der Waals surface area contributed by atoms with E-state index in [0.29, 0.717) is 11.3 Å². The standard InChI is InChI=1S/C21H18FNO2/c1-15(16-9-11-18(22)12-10-16)23-21(24)20(14-19-8-5-13-25-19)17-6-3-2-4-7-17/h2-15H,1H3,(H,23,24)/b20-14+/t15-/m0/s1. The highest BCUT2D eigenvalue weighted by atomic mass is 19.1. The van der Waals surface area contributed by atoms with E-state index in [2.05, 4.69) is 5.32 Å². The van der Waals surface area contributed by atoms with Crippen LogP contribution in [-0.4, -0.2) is 5.91 Å². The summed E-state index contributed by atoms with van der Waals surface area (Å²) in [5, 5.41) is 2.96. The molecule has 1 amide bonds. The summed E-state index contributed by atoms with van der Waals surface area (Å²) < 4.78 is 18.4. The van der Waals surface area contributed by atoms with Crippen LogP contribution in [0.5, 0.6) is 0 Å². The quantitative estimate of drug-likeness (QED) is 0.678. The summed E-state index contributed by atoms with van der Waals surface area (Å²) in [5.41, 5.74) is 2.13. The molecule has 0 saturated carbocycles. The van der Waals surface area contributed by atoms with Crippen LogP contribution >= 0.6 is 0 Å². The Morgan fingerprint density at radius 3 is 2.40 bits per heavy atom. The first-order valence-electron chi connectivity index (χ1n) is 8.00. The van der Waals surface area contributed by atoms with Gasteiger partial charge in [0.25, 0.3) is 5.91 Å². The molecule has 1 aromatic heterocycles. The van der Waals surface area contributed by atoms with E-state index in [0.717, 1.165) is 11.1 Å². The first kappa shape index (κ1) is 16.7. The number of amides is 1. The Morgan fingerprint density at radius 2 is 1.76 bits per heavy atom. The van der Waals surface area contributed by atoms with E-state index in [9.17, 15) is 9.18 Å². The number of hydrogen-bond donors (Lipinski definition) is 1. The van der Waals surface area contributed by atoms with Crippen molar-refractivity contribution in [3.05, 3.63) is 95.7 Å². The van der Waals surface area contributed by atoms with Crippen molar-refractivity contribution >= 4 is 17.6 Å². The third kappa shape index (κ3) is 4.23. The van der Waals surface area contributed by atoms with E-state index in [1.807, 2.05) is 37.3 Å². The Balaban J connectivity index is 1.86. The minimum atomic E-state index is -0.301. The molecule has 2 aromatic carbocycles. The van der Waals surface area contributed by atoms with Gasteiger partial charge in [0.1, 0.15) is 11.6 Å². The van der Waals surface area contributed by atoms with Gasteiger partial charge in [-0.3, -0.25) is 4.79 Å². The van der Waals surface area contributed by atoms with E-state index >= 15 is 0 Å². The molecule has 0 saturated heterocycles. The number of halogens is 1. The number of benzene rings is 2. The van der Waals surface area contributed by atoms with Gasteiger partial charge in [0, 0.05) is 0 Å². The van der Waals surface area contributed by atoms with Crippen molar-refractivity contribution in [2.75, 3.05) is 0 Å². The Hall–Kier alpha value is -3.14. The molecule has 1 N–H and O–H groups in total. The van der Waals surface area contributed by atoms with Crippen LogP contribution in [0.2, 0.25) is 0 Å². The molecule has 3 nitrogen and oxygen atoms in total. The lowest BCUT2D eigenvalue weighted by atomic mass is 10.0. The zero-order valence-corrected chi connectivity index (χ0v) is 13.8. The molecule has 0 aliphatic heterocycles. The van der Waals surface area contributed by atoms with Gasteiger partial charge >= 0.3 is 0 Å². The monoisotopic (exact) mass is 335 g/mol. The van der Waals surface area contributed by atoms with Gasteiger partial charge in [-0.1, -0.05) is 42.5 Å². The first-order valence-corrected chi connectivity index (χ1v) is 8.00. The van der Waals surface area contributed by atoms with Gasteiger partial charge in [-0.2, -0.15) is 0 Å². The predicted octanol–water partition coefficient (Wildman–Crippen LogP) is 4.84. The smallest absolute Gasteiger partial charge is 0.252 e. The SMILES string of the molecule is C[C@H](NC(=O)/C(=C/c1ccco1)c1ccccc1)c1ccc(F)cc1. The second-order valence-corrected chi connectivity index (χ2v) is 5.69. The molecule has 0 aliphatic carbocycles. The summed E-state index contributed by atoms with van der Waals surface area (Å²) >= 11 is 0. The number of rotatable bonds is 5. The lowest BCUT2D eigenvalue weighted by Gasteiger charge is -2.16. The Bertz CT molecular complexity index is 853. The van der Waals surface area contributed by atoms with Crippen LogP contribution in [0, 0.1) is 5.82 Å². The molecule has 0 unspecified atom stereocenters. The third-order valence-electron chi connectivity index (χ3n) is 3.88. The fourth-order valence-corrected chi connectivity index (χ4v) is 2.52. The van der Waals surface area contributed by atoms with E-state index in [1.165, 1.54) is 12.1 Å². The fourth-order valence-electron chi connectivity index (χ4n) is 2.52. The maximum atomic E-state index is 13.1. The molecular weight excluding hydrogens is 317 g/mol. The van der Waals surface area contributed by atoms with Crippen molar-refractivity contribution in [3.63, 3.8) is 0 Å².